The lowest BCUT2D eigenvalue weighted by Crippen LogP contribution is -2.53. The van der Waals surface area contributed by atoms with Gasteiger partial charge in [-0.1, -0.05) is 6.58 Å². The fraction of sp³-hybridized carbons (Fsp3) is 0.778. The van der Waals surface area contributed by atoms with Crippen molar-refractivity contribution in [3.63, 3.8) is 0 Å². The van der Waals surface area contributed by atoms with Crippen molar-refractivity contribution in [2.45, 2.75) is 25.2 Å². The van der Waals surface area contributed by atoms with Gasteiger partial charge in [-0.05, 0) is 32.6 Å². The first-order valence-electron chi connectivity index (χ1n) is 4.88. The van der Waals surface area contributed by atoms with E-state index in [1.165, 1.54) is 12.8 Å². The second-order valence-corrected chi connectivity index (χ2v) is 3.30. The molecule has 4 nitrogen and oxygen atoms in total. The molecule has 1 saturated heterocycles. The number of hydrogen-bond donors (Lipinski definition) is 4. The Morgan fingerprint density at radius 3 is 3.08 bits per heavy atom. The van der Waals surface area contributed by atoms with E-state index in [0.29, 0.717) is 6.17 Å². The molecule has 4 heteroatoms. The van der Waals surface area contributed by atoms with Gasteiger partial charge in [0.25, 0.3) is 0 Å². The van der Waals surface area contributed by atoms with Crippen LogP contribution in [0.15, 0.2) is 12.8 Å². The third kappa shape index (κ3) is 3.76. The fourth-order valence-electron chi connectivity index (χ4n) is 1.58. The monoisotopic (exact) mass is 184 g/mol. The lowest BCUT2D eigenvalue weighted by molar-refractivity contribution is 0.372. The van der Waals surface area contributed by atoms with Crippen LogP contribution in [0.4, 0.5) is 0 Å². The van der Waals surface area contributed by atoms with Crippen LogP contribution in [0.25, 0.3) is 0 Å². The van der Waals surface area contributed by atoms with E-state index in [1.807, 2.05) is 7.05 Å². The van der Waals surface area contributed by atoms with Gasteiger partial charge in [0, 0.05) is 6.54 Å². The summed E-state index contributed by atoms with van der Waals surface area (Å²) in [5, 5.41) is 13.1. The highest BCUT2D eigenvalue weighted by molar-refractivity contribution is 4.80. The molecule has 0 aliphatic carbocycles. The van der Waals surface area contributed by atoms with E-state index in [4.69, 9.17) is 0 Å². The Hall–Kier alpha value is -0.580. The van der Waals surface area contributed by atoms with E-state index < -0.39 is 0 Å². The summed E-state index contributed by atoms with van der Waals surface area (Å²) in [5.74, 6) is 0. The zero-order valence-corrected chi connectivity index (χ0v) is 8.27. The Kier molecular flexibility index (Phi) is 4.82. The Morgan fingerprint density at radius 2 is 2.54 bits per heavy atom. The van der Waals surface area contributed by atoms with E-state index in [2.05, 4.69) is 27.8 Å². The Labute approximate surface area is 80.2 Å². The molecule has 1 fully saturated rings. The van der Waals surface area contributed by atoms with Crippen LogP contribution >= 0.6 is 0 Å². The van der Waals surface area contributed by atoms with Crippen LogP contribution in [-0.2, 0) is 0 Å². The van der Waals surface area contributed by atoms with Gasteiger partial charge in [-0.3, -0.25) is 5.32 Å². The average Bonchev–Trinajstić information content (AvgIpc) is 2.58. The minimum Gasteiger partial charge on any atom is -0.375 e. The van der Waals surface area contributed by atoms with Crippen molar-refractivity contribution in [3.05, 3.63) is 12.8 Å². The van der Waals surface area contributed by atoms with Crippen LogP contribution < -0.4 is 21.3 Å². The molecule has 1 rings (SSSR count). The van der Waals surface area contributed by atoms with E-state index in [1.54, 1.807) is 6.20 Å². The quantitative estimate of drug-likeness (QED) is 0.423. The van der Waals surface area contributed by atoms with Crippen LogP contribution in [0, 0.1) is 0 Å². The van der Waals surface area contributed by atoms with Crippen LogP contribution in [0.1, 0.15) is 12.8 Å². The summed E-state index contributed by atoms with van der Waals surface area (Å²) in [5.41, 5.74) is 0. The molecule has 1 heterocycles. The van der Waals surface area contributed by atoms with E-state index in [0.717, 1.165) is 13.1 Å². The van der Waals surface area contributed by atoms with E-state index in [9.17, 15) is 0 Å². The van der Waals surface area contributed by atoms with Crippen molar-refractivity contribution in [2.75, 3.05) is 20.1 Å². The molecule has 0 saturated carbocycles. The van der Waals surface area contributed by atoms with Crippen LogP contribution in [0.3, 0.4) is 0 Å². The largest absolute Gasteiger partial charge is 0.375 e. The van der Waals surface area contributed by atoms with Crippen molar-refractivity contribution >= 4 is 0 Å². The highest BCUT2D eigenvalue weighted by atomic mass is 15.2. The van der Waals surface area contributed by atoms with Crippen molar-refractivity contribution in [2.24, 2.45) is 0 Å². The van der Waals surface area contributed by atoms with Crippen molar-refractivity contribution in [1.82, 2.24) is 21.3 Å². The van der Waals surface area contributed by atoms with Gasteiger partial charge in [-0.25, -0.2) is 0 Å². The standard InChI is InChI=1S/C9H20N4/c1-3-11-9(7-10-2)13-8-5-4-6-12-8/h3,8-13H,1,4-7H2,2H3. The molecule has 0 aromatic rings. The molecule has 0 aromatic heterocycles. The molecule has 1 aliphatic rings. The van der Waals surface area contributed by atoms with Crippen molar-refractivity contribution < 1.29 is 0 Å². The normalized spacial score (nSPS) is 24.2. The van der Waals surface area contributed by atoms with Gasteiger partial charge in [0.15, 0.2) is 0 Å². The molecule has 2 unspecified atom stereocenters. The summed E-state index contributed by atoms with van der Waals surface area (Å²) in [6, 6.07) is 0. The third-order valence-electron chi connectivity index (χ3n) is 2.19. The van der Waals surface area contributed by atoms with Crippen LogP contribution in [0.5, 0.6) is 0 Å². The van der Waals surface area contributed by atoms with Gasteiger partial charge in [0.1, 0.15) is 0 Å². The van der Waals surface area contributed by atoms with Gasteiger partial charge in [0.2, 0.25) is 0 Å². The maximum absolute atomic E-state index is 3.66. The topological polar surface area (TPSA) is 48.1 Å². The molecule has 0 bridgehead atoms. The highest BCUT2D eigenvalue weighted by Crippen LogP contribution is 2.01. The third-order valence-corrected chi connectivity index (χ3v) is 2.19. The predicted molar refractivity (Wildman–Crippen MR) is 55.2 cm³/mol. The first kappa shape index (κ1) is 10.5. The highest BCUT2D eigenvalue weighted by Gasteiger charge is 2.16. The molecular formula is C9H20N4. The first-order valence-corrected chi connectivity index (χ1v) is 4.88. The molecule has 4 N–H and O–H groups in total. The second-order valence-electron chi connectivity index (χ2n) is 3.30. The van der Waals surface area contributed by atoms with Gasteiger partial charge >= 0.3 is 0 Å². The Balaban J connectivity index is 2.22. The molecule has 1 aliphatic heterocycles. The molecule has 2 atom stereocenters. The molecule has 0 amide bonds. The summed E-state index contributed by atoms with van der Waals surface area (Å²) in [6.07, 6.45) is 4.91. The fourth-order valence-corrected chi connectivity index (χ4v) is 1.58. The van der Waals surface area contributed by atoms with E-state index >= 15 is 0 Å². The van der Waals surface area contributed by atoms with Gasteiger partial charge in [-0.2, -0.15) is 0 Å². The molecule has 0 spiro atoms. The lowest BCUT2D eigenvalue weighted by Gasteiger charge is -2.23. The molecule has 0 aromatic carbocycles. The average molecular weight is 184 g/mol. The van der Waals surface area contributed by atoms with Gasteiger partial charge < -0.3 is 16.0 Å². The zero-order chi connectivity index (χ0) is 9.52. The lowest BCUT2D eigenvalue weighted by atomic mass is 10.3. The maximum atomic E-state index is 3.66. The zero-order valence-electron chi connectivity index (χ0n) is 8.27. The number of likely N-dealkylation sites (N-methyl/N-ethyl adjacent to an activating group) is 1. The summed E-state index contributed by atoms with van der Waals surface area (Å²) in [4.78, 5) is 0. The van der Waals surface area contributed by atoms with Crippen molar-refractivity contribution in [3.8, 4) is 0 Å². The van der Waals surface area contributed by atoms with E-state index in [-0.39, 0.29) is 6.17 Å². The molecule has 76 valence electrons. The summed E-state index contributed by atoms with van der Waals surface area (Å²) >= 11 is 0. The first-order chi connectivity index (χ1) is 6.36. The Bertz CT molecular complexity index is 143. The van der Waals surface area contributed by atoms with Crippen LogP contribution in [-0.4, -0.2) is 32.5 Å². The maximum Gasteiger partial charge on any atom is 0.0903 e. The number of nitrogens with one attached hydrogen (secondary N) is 4. The summed E-state index contributed by atoms with van der Waals surface area (Å²) < 4.78 is 0. The predicted octanol–water partition coefficient (Wildman–Crippen LogP) is -0.436. The second kappa shape index (κ2) is 5.96. The minimum atomic E-state index is 0.262. The Morgan fingerprint density at radius 1 is 1.69 bits per heavy atom. The minimum absolute atomic E-state index is 0.262. The van der Waals surface area contributed by atoms with Crippen LogP contribution in [0.2, 0.25) is 0 Å². The number of rotatable bonds is 6. The molecule has 0 radical (unpaired) electrons. The SMILES string of the molecule is C=CNC(CNC)NC1CCCN1. The van der Waals surface area contributed by atoms with Gasteiger partial charge in [0.05, 0.1) is 12.3 Å². The molecule has 13 heavy (non-hydrogen) atoms. The summed E-state index contributed by atoms with van der Waals surface area (Å²) in [7, 11) is 1.95. The smallest absolute Gasteiger partial charge is 0.0903 e. The summed E-state index contributed by atoms with van der Waals surface area (Å²) in [6.45, 7) is 5.67. The number of hydrogen-bond acceptors (Lipinski definition) is 4. The van der Waals surface area contributed by atoms with Crippen molar-refractivity contribution in [1.29, 1.82) is 0 Å². The molecular weight excluding hydrogens is 164 g/mol. The van der Waals surface area contributed by atoms with Gasteiger partial charge in [-0.15, -0.1) is 0 Å².